The van der Waals surface area contributed by atoms with Crippen LogP contribution in [0.2, 0.25) is 0 Å². The van der Waals surface area contributed by atoms with E-state index in [1.807, 2.05) is 0 Å². The van der Waals surface area contributed by atoms with Gasteiger partial charge in [0.2, 0.25) is 5.95 Å². The largest absolute Gasteiger partial charge is 0.368 e. The first-order valence-corrected chi connectivity index (χ1v) is 12.8. The molecule has 2 aromatic heterocycles. The van der Waals surface area contributed by atoms with Crippen LogP contribution in [-0.2, 0) is 19.4 Å². The van der Waals surface area contributed by atoms with Crippen molar-refractivity contribution in [3.8, 4) is 0 Å². The molecular formula is C27H43N7. The minimum absolute atomic E-state index is 0.191. The second-order valence-electron chi connectivity index (χ2n) is 10.2. The summed E-state index contributed by atoms with van der Waals surface area (Å²) in [5.41, 5.74) is 9.28. The number of rotatable bonds is 13. The highest BCUT2D eigenvalue weighted by Crippen LogP contribution is 2.25. The highest BCUT2D eigenvalue weighted by Gasteiger charge is 2.19. The molecule has 0 fully saturated rings. The van der Waals surface area contributed by atoms with Gasteiger partial charge in [0.15, 0.2) is 11.5 Å². The van der Waals surface area contributed by atoms with Crippen molar-refractivity contribution in [3.05, 3.63) is 41.7 Å². The lowest BCUT2D eigenvalue weighted by atomic mass is 10.1. The second-order valence-corrected chi connectivity index (χ2v) is 10.2. The monoisotopic (exact) mass is 465 g/mol. The summed E-state index contributed by atoms with van der Waals surface area (Å²) >= 11 is 0. The van der Waals surface area contributed by atoms with Gasteiger partial charge in [0.05, 0.1) is 0 Å². The van der Waals surface area contributed by atoms with Gasteiger partial charge in [-0.3, -0.25) is 0 Å². The summed E-state index contributed by atoms with van der Waals surface area (Å²) in [6.45, 7) is 11.8. The average molecular weight is 466 g/mol. The number of hydrogen-bond acceptors (Lipinski definition) is 6. The maximum atomic E-state index is 6.04. The van der Waals surface area contributed by atoms with E-state index in [-0.39, 0.29) is 11.5 Å². The molecule has 1 aromatic carbocycles. The molecule has 0 radical (unpaired) electrons. The maximum absolute atomic E-state index is 6.04. The van der Waals surface area contributed by atoms with Crippen LogP contribution in [0.1, 0.15) is 71.2 Å². The number of nitrogens with zero attached hydrogens (tertiary/aromatic N) is 5. The van der Waals surface area contributed by atoms with Crippen molar-refractivity contribution in [1.29, 1.82) is 0 Å². The first-order chi connectivity index (χ1) is 16.3. The Morgan fingerprint density at radius 3 is 2.44 bits per heavy atom. The molecule has 3 N–H and O–H groups in total. The third-order valence-electron chi connectivity index (χ3n) is 6.50. The van der Waals surface area contributed by atoms with Crippen molar-refractivity contribution in [2.45, 2.75) is 84.7 Å². The van der Waals surface area contributed by atoms with E-state index in [0.29, 0.717) is 5.65 Å². The molecule has 0 amide bonds. The van der Waals surface area contributed by atoms with E-state index >= 15 is 0 Å². The molecule has 3 aromatic rings. The standard InChI is InChI=1S/C27H43N7/c1-6-7-18-29-24-23-25(32-26(28)31-24)30-22(17-11-12-19-33(5)27(2,3)4)34(23)20-13-16-21-14-9-8-10-15-21/h8-10,14-15H,6-7,11-13,16-20H2,1-5H3,(H3,28,29,31,32). The Labute approximate surface area is 205 Å². The van der Waals surface area contributed by atoms with Crippen molar-refractivity contribution in [2.75, 3.05) is 31.2 Å². The van der Waals surface area contributed by atoms with Crippen LogP contribution in [0.5, 0.6) is 0 Å². The van der Waals surface area contributed by atoms with Crippen LogP contribution in [0, 0.1) is 0 Å². The van der Waals surface area contributed by atoms with Crippen LogP contribution < -0.4 is 11.1 Å². The number of nitrogen functional groups attached to an aromatic ring is 1. The van der Waals surface area contributed by atoms with Gasteiger partial charge in [0.1, 0.15) is 11.3 Å². The molecule has 0 atom stereocenters. The number of hydrogen-bond donors (Lipinski definition) is 2. The molecule has 7 heteroatoms. The summed E-state index contributed by atoms with van der Waals surface area (Å²) in [5.74, 6) is 2.17. The topological polar surface area (TPSA) is 84.9 Å². The lowest BCUT2D eigenvalue weighted by Crippen LogP contribution is -2.38. The number of anilines is 2. The predicted molar refractivity (Wildman–Crippen MR) is 143 cm³/mol. The minimum atomic E-state index is 0.191. The Kier molecular flexibility index (Phi) is 9.28. The van der Waals surface area contributed by atoms with E-state index in [4.69, 9.17) is 10.7 Å². The smallest absolute Gasteiger partial charge is 0.224 e. The fourth-order valence-electron chi connectivity index (χ4n) is 4.09. The third-order valence-corrected chi connectivity index (χ3v) is 6.50. The van der Waals surface area contributed by atoms with Gasteiger partial charge in [-0.15, -0.1) is 0 Å². The molecule has 0 bridgehead atoms. The van der Waals surface area contributed by atoms with E-state index in [2.05, 4.69) is 89.8 Å². The first kappa shape index (κ1) is 25.9. The van der Waals surface area contributed by atoms with Gasteiger partial charge >= 0.3 is 0 Å². The molecule has 0 aliphatic rings. The van der Waals surface area contributed by atoms with Crippen LogP contribution in [0.15, 0.2) is 30.3 Å². The van der Waals surface area contributed by atoms with Crippen LogP contribution >= 0.6 is 0 Å². The fraction of sp³-hybridized carbons (Fsp3) is 0.593. The zero-order chi connectivity index (χ0) is 24.6. The van der Waals surface area contributed by atoms with E-state index in [9.17, 15) is 0 Å². The van der Waals surface area contributed by atoms with Gasteiger partial charge in [-0.1, -0.05) is 43.7 Å². The molecule has 0 aliphatic heterocycles. The normalized spacial score (nSPS) is 12.1. The molecule has 186 valence electrons. The number of aromatic nitrogens is 4. The van der Waals surface area contributed by atoms with E-state index in [1.54, 1.807) is 0 Å². The highest BCUT2D eigenvalue weighted by atomic mass is 15.2. The zero-order valence-corrected chi connectivity index (χ0v) is 21.8. The highest BCUT2D eigenvalue weighted by molar-refractivity contribution is 5.85. The summed E-state index contributed by atoms with van der Waals surface area (Å²) in [7, 11) is 2.20. The van der Waals surface area contributed by atoms with Crippen LogP contribution in [-0.4, -0.2) is 50.1 Å². The number of nitrogens with two attached hydrogens (primary N) is 1. The predicted octanol–water partition coefficient (Wildman–Crippen LogP) is 5.31. The van der Waals surface area contributed by atoms with Crippen molar-refractivity contribution in [3.63, 3.8) is 0 Å². The summed E-state index contributed by atoms with van der Waals surface area (Å²) in [6, 6.07) is 10.7. The molecule has 34 heavy (non-hydrogen) atoms. The minimum Gasteiger partial charge on any atom is -0.368 e. The van der Waals surface area contributed by atoms with Crippen molar-refractivity contribution < 1.29 is 0 Å². The van der Waals surface area contributed by atoms with Crippen molar-refractivity contribution in [2.24, 2.45) is 0 Å². The Bertz CT molecular complexity index is 1020. The molecule has 0 saturated heterocycles. The Morgan fingerprint density at radius 2 is 1.74 bits per heavy atom. The van der Waals surface area contributed by atoms with Crippen molar-refractivity contribution >= 4 is 22.9 Å². The Hall–Kier alpha value is -2.67. The SMILES string of the molecule is CCCCNc1nc(N)nc2nc(CCCCN(C)C(C)(C)C)n(CCCc3ccccc3)c12. The molecule has 0 saturated carbocycles. The number of aryl methyl sites for hydroxylation is 3. The average Bonchev–Trinajstić information content (AvgIpc) is 3.14. The number of fused-ring (bicyclic) bond motifs is 1. The van der Waals surface area contributed by atoms with Gasteiger partial charge in [-0.05, 0) is 72.0 Å². The summed E-state index contributed by atoms with van der Waals surface area (Å²) in [4.78, 5) is 16.4. The maximum Gasteiger partial charge on any atom is 0.224 e. The lowest BCUT2D eigenvalue weighted by molar-refractivity contribution is 0.172. The molecule has 7 nitrogen and oxygen atoms in total. The lowest BCUT2D eigenvalue weighted by Gasteiger charge is -2.31. The van der Waals surface area contributed by atoms with Gasteiger partial charge in [0, 0.05) is 25.0 Å². The zero-order valence-electron chi connectivity index (χ0n) is 21.8. The quantitative estimate of drug-likeness (QED) is 0.333. The number of imidazole rings is 1. The summed E-state index contributed by atoms with van der Waals surface area (Å²) in [5, 5.41) is 3.49. The Morgan fingerprint density at radius 1 is 0.971 bits per heavy atom. The molecule has 3 rings (SSSR count). The van der Waals surface area contributed by atoms with Gasteiger partial charge in [-0.25, -0.2) is 4.98 Å². The Balaban J connectivity index is 1.80. The molecular weight excluding hydrogens is 422 g/mol. The van der Waals surface area contributed by atoms with Gasteiger partial charge in [0.25, 0.3) is 0 Å². The van der Waals surface area contributed by atoms with Gasteiger partial charge in [-0.2, -0.15) is 9.97 Å². The first-order valence-electron chi connectivity index (χ1n) is 12.8. The second kappa shape index (κ2) is 12.2. The summed E-state index contributed by atoms with van der Waals surface area (Å²) in [6.07, 6.45) is 7.43. The fourth-order valence-corrected chi connectivity index (χ4v) is 4.09. The number of benzene rings is 1. The molecule has 0 spiro atoms. The number of unbranched alkanes of at least 4 members (excludes halogenated alkanes) is 2. The van der Waals surface area contributed by atoms with Crippen LogP contribution in [0.25, 0.3) is 11.2 Å². The summed E-state index contributed by atoms with van der Waals surface area (Å²) < 4.78 is 2.33. The van der Waals surface area contributed by atoms with Gasteiger partial charge < -0.3 is 20.5 Å². The van der Waals surface area contributed by atoms with E-state index < -0.39 is 0 Å². The molecule has 0 aliphatic carbocycles. The van der Waals surface area contributed by atoms with Crippen molar-refractivity contribution in [1.82, 2.24) is 24.4 Å². The van der Waals surface area contributed by atoms with E-state index in [0.717, 1.165) is 81.7 Å². The van der Waals surface area contributed by atoms with Crippen LogP contribution in [0.4, 0.5) is 11.8 Å². The number of nitrogens with one attached hydrogen (secondary N) is 1. The van der Waals surface area contributed by atoms with E-state index in [1.165, 1.54) is 5.56 Å². The molecule has 0 unspecified atom stereocenters. The van der Waals surface area contributed by atoms with Crippen LogP contribution in [0.3, 0.4) is 0 Å². The third kappa shape index (κ3) is 7.16. The molecule has 2 heterocycles.